The second-order valence-electron chi connectivity index (χ2n) is 5.62. The van der Waals surface area contributed by atoms with E-state index < -0.39 is 0 Å². The minimum absolute atomic E-state index is 0.108. The summed E-state index contributed by atoms with van der Waals surface area (Å²) in [6.07, 6.45) is 12.6. The second-order valence-corrected chi connectivity index (χ2v) is 5.62. The lowest BCUT2D eigenvalue weighted by molar-refractivity contribution is -0.136. The molecule has 0 N–H and O–H groups in total. The Labute approximate surface area is 112 Å². The second kappa shape index (κ2) is 7.60. The maximum atomic E-state index is 11.5. The van der Waals surface area contributed by atoms with Crippen LogP contribution in [-0.2, 0) is 9.53 Å². The zero-order chi connectivity index (χ0) is 13.4. The summed E-state index contributed by atoms with van der Waals surface area (Å²) in [5, 5.41) is 0. The number of hydrogen-bond acceptors (Lipinski definition) is 2. The van der Waals surface area contributed by atoms with Gasteiger partial charge in [0.15, 0.2) is 0 Å². The molecule has 0 aromatic rings. The molecule has 1 fully saturated rings. The van der Waals surface area contributed by atoms with E-state index in [0.717, 1.165) is 19.3 Å². The van der Waals surface area contributed by atoms with Crippen LogP contribution in [0.1, 0.15) is 71.1 Å². The zero-order valence-corrected chi connectivity index (χ0v) is 12.1. The van der Waals surface area contributed by atoms with Crippen molar-refractivity contribution in [2.45, 2.75) is 71.1 Å². The van der Waals surface area contributed by atoms with Gasteiger partial charge in [0, 0.05) is 11.0 Å². The predicted octanol–water partition coefficient (Wildman–Crippen LogP) is 4.64. The van der Waals surface area contributed by atoms with Gasteiger partial charge < -0.3 is 4.74 Å². The summed E-state index contributed by atoms with van der Waals surface area (Å²) < 4.78 is 4.77. The van der Waals surface area contributed by atoms with Crippen LogP contribution in [-0.4, -0.2) is 13.1 Å². The lowest BCUT2D eigenvalue weighted by atomic mass is 9.90. The third-order valence-corrected chi connectivity index (χ3v) is 4.18. The number of rotatable bonds is 10. The van der Waals surface area contributed by atoms with E-state index in [9.17, 15) is 4.79 Å². The van der Waals surface area contributed by atoms with E-state index >= 15 is 0 Å². The van der Waals surface area contributed by atoms with Gasteiger partial charge in [-0.3, -0.25) is 0 Å². The average Bonchev–Trinajstić information content (AvgIpc) is 3.17. The van der Waals surface area contributed by atoms with Crippen molar-refractivity contribution < 1.29 is 9.53 Å². The molecule has 1 rings (SSSR count). The Morgan fingerprint density at radius 3 is 2.17 bits per heavy atom. The largest absolute Gasteiger partial charge is 0.466 e. The van der Waals surface area contributed by atoms with Crippen molar-refractivity contribution in [1.29, 1.82) is 0 Å². The fourth-order valence-electron chi connectivity index (χ4n) is 2.61. The van der Waals surface area contributed by atoms with Crippen LogP contribution >= 0.6 is 0 Å². The molecular weight excluding hydrogens is 224 g/mol. The molecule has 0 bridgehead atoms. The molecule has 18 heavy (non-hydrogen) atoms. The van der Waals surface area contributed by atoms with Crippen LogP contribution in [0.15, 0.2) is 12.2 Å². The Bertz CT molecular complexity index is 277. The number of ether oxygens (including phenoxy) is 1. The van der Waals surface area contributed by atoms with E-state index in [1.165, 1.54) is 52.1 Å². The Morgan fingerprint density at radius 1 is 1.11 bits per heavy atom. The number of unbranched alkanes of at least 4 members (excludes halogenated alkanes) is 6. The van der Waals surface area contributed by atoms with Gasteiger partial charge in [-0.25, -0.2) is 4.79 Å². The van der Waals surface area contributed by atoms with Crippen molar-refractivity contribution in [1.82, 2.24) is 0 Å². The summed E-state index contributed by atoms with van der Waals surface area (Å²) in [7, 11) is 1.44. The fourth-order valence-corrected chi connectivity index (χ4v) is 2.61. The maximum absolute atomic E-state index is 11.5. The summed E-state index contributed by atoms with van der Waals surface area (Å²) in [6.45, 7) is 6.17. The first kappa shape index (κ1) is 15.3. The van der Waals surface area contributed by atoms with Crippen molar-refractivity contribution in [3.05, 3.63) is 12.2 Å². The quantitative estimate of drug-likeness (QED) is 0.322. The molecule has 2 heteroatoms. The van der Waals surface area contributed by atoms with Crippen molar-refractivity contribution in [3.63, 3.8) is 0 Å². The molecule has 0 aliphatic heterocycles. The monoisotopic (exact) mass is 252 g/mol. The number of carbonyl (C=O) groups excluding carboxylic acids is 1. The van der Waals surface area contributed by atoms with E-state index in [2.05, 4.69) is 13.5 Å². The number of carbonyl (C=O) groups is 1. The predicted molar refractivity (Wildman–Crippen MR) is 75.4 cm³/mol. The standard InChI is InChI=1S/C16H28O2/c1-4-5-6-7-8-9-10-11-16(12-13-16)14(2)15(17)18-3/h2,4-13H2,1,3H3. The third-order valence-electron chi connectivity index (χ3n) is 4.18. The van der Waals surface area contributed by atoms with Crippen molar-refractivity contribution >= 4 is 5.97 Å². The van der Waals surface area contributed by atoms with E-state index in [1.54, 1.807) is 0 Å². The van der Waals surface area contributed by atoms with E-state index in [-0.39, 0.29) is 11.4 Å². The zero-order valence-electron chi connectivity index (χ0n) is 12.1. The molecule has 1 saturated carbocycles. The SMILES string of the molecule is C=C(C(=O)OC)C1(CCCCCCCCC)CC1. The molecule has 0 radical (unpaired) electrons. The molecule has 0 spiro atoms. The Balaban J connectivity index is 2.11. The molecule has 0 aromatic carbocycles. The summed E-state index contributed by atoms with van der Waals surface area (Å²) in [6, 6.07) is 0. The van der Waals surface area contributed by atoms with Crippen LogP contribution < -0.4 is 0 Å². The van der Waals surface area contributed by atoms with Gasteiger partial charge in [-0.05, 0) is 19.3 Å². The molecule has 2 nitrogen and oxygen atoms in total. The molecule has 0 amide bonds. The van der Waals surface area contributed by atoms with Gasteiger partial charge in [0.2, 0.25) is 0 Å². The number of esters is 1. The first-order valence-corrected chi connectivity index (χ1v) is 7.44. The molecular formula is C16H28O2. The van der Waals surface area contributed by atoms with E-state index in [4.69, 9.17) is 4.74 Å². The highest BCUT2D eigenvalue weighted by atomic mass is 16.5. The lowest BCUT2D eigenvalue weighted by Gasteiger charge is -2.16. The number of methoxy groups -OCH3 is 1. The van der Waals surface area contributed by atoms with E-state index in [1.807, 2.05) is 0 Å². The van der Waals surface area contributed by atoms with Crippen molar-refractivity contribution in [3.8, 4) is 0 Å². The molecule has 104 valence electrons. The molecule has 0 aromatic heterocycles. The average molecular weight is 252 g/mol. The first-order valence-electron chi connectivity index (χ1n) is 7.44. The van der Waals surface area contributed by atoms with E-state index in [0.29, 0.717) is 5.57 Å². The highest BCUT2D eigenvalue weighted by Crippen LogP contribution is 2.55. The smallest absolute Gasteiger partial charge is 0.333 e. The van der Waals surface area contributed by atoms with Crippen molar-refractivity contribution in [2.75, 3.05) is 7.11 Å². The molecule has 0 heterocycles. The Morgan fingerprint density at radius 2 is 1.67 bits per heavy atom. The summed E-state index contributed by atoms with van der Waals surface area (Å²) in [5.41, 5.74) is 0.812. The fraction of sp³-hybridized carbons (Fsp3) is 0.812. The summed E-state index contributed by atoms with van der Waals surface area (Å²) in [4.78, 5) is 11.5. The molecule has 1 aliphatic carbocycles. The van der Waals surface area contributed by atoms with Crippen LogP contribution in [0.4, 0.5) is 0 Å². The molecule has 0 atom stereocenters. The van der Waals surface area contributed by atoms with Gasteiger partial charge in [0.25, 0.3) is 0 Å². The summed E-state index contributed by atoms with van der Waals surface area (Å²) in [5.74, 6) is -0.213. The lowest BCUT2D eigenvalue weighted by Crippen LogP contribution is -2.14. The van der Waals surface area contributed by atoms with Gasteiger partial charge in [-0.15, -0.1) is 0 Å². The van der Waals surface area contributed by atoms with Gasteiger partial charge >= 0.3 is 5.97 Å². The topological polar surface area (TPSA) is 26.3 Å². The van der Waals surface area contributed by atoms with Crippen LogP contribution in [0.2, 0.25) is 0 Å². The Hall–Kier alpha value is -0.790. The molecule has 1 aliphatic rings. The highest BCUT2D eigenvalue weighted by molar-refractivity contribution is 5.89. The van der Waals surface area contributed by atoms with Gasteiger partial charge in [0.1, 0.15) is 0 Å². The molecule has 0 unspecified atom stereocenters. The normalized spacial score (nSPS) is 16.3. The number of hydrogen-bond donors (Lipinski definition) is 0. The highest BCUT2D eigenvalue weighted by Gasteiger charge is 2.47. The molecule has 0 saturated heterocycles. The van der Waals surface area contributed by atoms with Crippen LogP contribution in [0.25, 0.3) is 0 Å². The Kier molecular flexibility index (Phi) is 6.45. The van der Waals surface area contributed by atoms with Crippen molar-refractivity contribution in [2.24, 2.45) is 5.41 Å². The van der Waals surface area contributed by atoms with Crippen LogP contribution in [0, 0.1) is 5.41 Å². The van der Waals surface area contributed by atoms with Gasteiger partial charge in [-0.2, -0.15) is 0 Å². The first-order chi connectivity index (χ1) is 8.66. The summed E-state index contributed by atoms with van der Waals surface area (Å²) >= 11 is 0. The van der Waals surface area contributed by atoms with Crippen LogP contribution in [0.5, 0.6) is 0 Å². The maximum Gasteiger partial charge on any atom is 0.333 e. The van der Waals surface area contributed by atoms with Gasteiger partial charge in [-0.1, -0.05) is 58.4 Å². The van der Waals surface area contributed by atoms with Crippen LogP contribution in [0.3, 0.4) is 0 Å². The van der Waals surface area contributed by atoms with Gasteiger partial charge in [0.05, 0.1) is 7.11 Å². The minimum atomic E-state index is -0.213. The minimum Gasteiger partial charge on any atom is -0.466 e. The third kappa shape index (κ3) is 4.47.